The summed E-state index contributed by atoms with van der Waals surface area (Å²) >= 11 is 1.61. The molecule has 0 saturated carbocycles. The lowest BCUT2D eigenvalue weighted by molar-refractivity contribution is -0.146. The van der Waals surface area contributed by atoms with Crippen molar-refractivity contribution < 1.29 is 19.5 Å². The first-order valence-corrected chi connectivity index (χ1v) is 9.78. The first-order chi connectivity index (χ1) is 12.0. The van der Waals surface area contributed by atoms with E-state index in [1.165, 1.54) is 0 Å². The summed E-state index contributed by atoms with van der Waals surface area (Å²) in [5.74, 6) is -1.13. The zero-order chi connectivity index (χ0) is 18.2. The Morgan fingerprint density at radius 2 is 2.04 bits per heavy atom. The van der Waals surface area contributed by atoms with E-state index in [-0.39, 0.29) is 18.4 Å². The van der Waals surface area contributed by atoms with Gasteiger partial charge in [0.1, 0.15) is 6.04 Å². The van der Waals surface area contributed by atoms with Gasteiger partial charge in [-0.15, -0.1) is 0 Å². The lowest BCUT2D eigenvalue weighted by Crippen LogP contribution is -2.52. The topological polar surface area (TPSA) is 86.7 Å². The average molecular weight is 364 g/mol. The minimum atomic E-state index is -0.869. The molecule has 25 heavy (non-hydrogen) atoms. The fourth-order valence-electron chi connectivity index (χ4n) is 2.92. The highest BCUT2D eigenvalue weighted by Crippen LogP contribution is 2.18. The lowest BCUT2D eigenvalue weighted by Gasteiger charge is -2.33. The Balaban J connectivity index is 2.06. The molecule has 0 aromatic heterocycles. The second kappa shape index (κ2) is 9.46. The molecule has 0 spiro atoms. The van der Waals surface area contributed by atoms with Gasteiger partial charge in [-0.05, 0) is 43.4 Å². The van der Waals surface area contributed by atoms with Gasteiger partial charge in [0.25, 0.3) is 5.91 Å². The number of carbonyl (C=O) groups excluding carboxylic acids is 2. The Bertz CT molecular complexity index is 608. The summed E-state index contributed by atoms with van der Waals surface area (Å²) in [7, 11) is 0. The van der Waals surface area contributed by atoms with Crippen LogP contribution in [0, 0.1) is 5.92 Å². The molecule has 1 aliphatic heterocycles. The third kappa shape index (κ3) is 5.49. The van der Waals surface area contributed by atoms with Gasteiger partial charge in [0.05, 0.1) is 5.92 Å². The summed E-state index contributed by atoms with van der Waals surface area (Å²) in [4.78, 5) is 38.0. The fraction of sp³-hybridized carbons (Fsp3) is 0.500. The lowest BCUT2D eigenvalue weighted by atomic mass is 9.97. The zero-order valence-corrected chi connectivity index (χ0v) is 15.1. The van der Waals surface area contributed by atoms with Crippen LogP contribution in [0.3, 0.4) is 0 Å². The number of nitrogens with one attached hydrogen (secondary N) is 1. The maximum atomic E-state index is 12.8. The van der Waals surface area contributed by atoms with Crippen LogP contribution in [0.5, 0.6) is 0 Å². The average Bonchev–Trinajstić information content (AvgIpc) is 2.65. The smallest absolute Gasteiger partial charge is 0.308 e. The van der Waals surface area contributed by atoms with Gasteiger partial charge in [-0.2, -0.15) is 11.8 Å². The second-order valence-electron chi connectivity index (χ2n) is 6.14. The van der Waals surface area contributed by atoms with E-state index < -0.39 is 17.9 Å². The number of amides is 2. The van der Waals surface area contributed by atoms with Crippen LogP contribution in [-0.4, -0.2) is 58.9 Å². The second-order valence-corrected chi connectivity index (χ2v) is 7.12. The normalized spacial score (nSPS) is 18.4. The summed E-state index contributed by atoms with van der Waals surface area (Å²) < 4.78 is 0. The van der Waals surface area contributed by atoms with Crippen LogP contribution >= 0.6 is 11.8 Å². The van der Waals surface area contributed by atoms with Gasteiger partial charge in [-0.25, -0.2) is 0 Å². The molecule has 2 unspecified atom stereocenters. The molecular weight excluding hydrogens is 340 g/mol. The third-order valence-electron chi connectivity index (χ3n) is 4.33. The van der Waals surface area contributed by atoms with Crippen molar-refractivity contribution in [3.8, 4) is 0 Å². The molecule has 2 atom stereocenters. The van der Waals surface area contributed by atoms with Crippen molar-refractivity contribution in [1.29, 1.82) is 0 Å². The van der Waals surface area contributed by atoms with Crippen molar-refractivity contribution in [2.75, 3.05) is 25.1 Å². The van der Waals surface area contributed by atoms with Crippen molar-refractivity contribution in [3.05, 3.63) is 35.9 Å². The standard InChI is InChI=1S/C18H24N2O4S/c1-25-11-9-15(19-16(21)13-6-3-2-4-7-13)17(22)20-10-5-8-14(12-20)18(23)24/h2-4,6-7,14-15H,5,8-12H2,1H3,(H,19,21)(H,23,24). The quantitative estimate of drug-likeness (QED) is 0.771. The molecule has 1 fully saturated rings. The molecular formula is C18H24N2O4S. The Labute approximate surface area is 152 Å². The Hall–Kier alpha value is -2.02. The van der Waals surface area contributed by atoms with E-state index in [9.17, 15) is 19.5 Å². The number of likely N-dealkylation sites (tertiary alicyclic amines) is 1. The molecule has 2 rings (SSSR count). The van der Waals surface area contributed by atoms with Crippen molar-refractivity contribution >= 4 is 29.5 Å². The molecule has 1 heterocycles. The van der Waals surface area contributed by atoms with E-state index in [2.05, 4.69) is 5.32 Å². The molecule has 136 valence electrons. The van der Waals surface area contributed by atoms with E-state index in [4.69, 9.17) is 0 Å². The molecule has 2 amide bonds. The minimum Gasteiger partial charge on any atom is -0.481 e. The van der Waals surface area contributed by atoms with Gasteiger partial charge in [0.15, 0.2) is 0 Å². The number of rotatable bonds is 7. The third-order valence-corrected chi connectivity index (χ3v) is 4.98. The number of carboxylic acids is 1. The molecule has 0 bridgehead atoms. The number of hydrogen-bond donors (Lipinski definition) is 2. The zero-order valence-electron chi connectivity index (χ0n) is 14.3. The van der Waals surface area contributed by atoms with E-state index >= 15 is 0 Å². The van der Waals surface area contributed by atoms with Crippen LogP contribution in [0.15, 0.2) is 30.3 Å². The summed E-state index contributed by atoms with van der Waals surface area (Å²) in [5.41, 5.74) is 0.506. The number of benzene rings is 1. The maximum absolute atomic E-state index is 12.8. The largest absolute Gasteiger partial charge is 0.481 e. The summed E-state index contributed by atoms with van der Waals surface area (Å²) in [5, 5.41) is 12.0. The number of nitrogens with zero attached hydrogens (tertiary/aromatic N) is 1. The minimum absolute atomic E-state index is 0.190. The molecule has 0 aliphatic carbocycles. The number of carboxylic acid groups (broad SMARTS) is 1. The first-order valence-electron chi connectivity index (χ1n) is 8.39. The summed E-state index contributed by atoms with van der Waals surface area (Å²) in [6.07, 6.45) is 3.73. The monoisotopic (exact) mass is 364 g/mol. The molecule has 7 heteroatoms. The van der Waals surface area contributed by atoms with Gasteiger partial charge in [0, 0.05) is 18.7 Å². The molecule has 6 nitrogen and oxygen atoms in total. The number of hydrogen-bond acceptors (Lipinski definition) is 4. The molecule has 1 aromatic rings. The Kier molecular flexibility index (Phi) is 7.31. The number of aliphatic carboxylic acids is 1. The van der Waals surface area contributed by atoms with Crippen molar-refractivity contribution in [3.63, 3.8) is 0 Å². The number of carbonyl (C=O) groups is 3. The molecule has 2 N–H and O–H groups in total. The summed E-state index contributed by atoms with van der Waals surface area (Å²) in [6, 6.07) is 8.14. The van der Waals surface area contributed by atoms with Gasteiger partial charge in [-0.1, -0.05) is 18.2 Å². The van der Waals surface area contributed by atoms with Crippen LogP contribution in [-0.2, 0) is 9.59 Å². The van der Waals surface area contributed by atoms with E-state index in [0.717, 1.165) is 5.75 Å². The van der Waals surface area contributed by atoms with E-state index in [1.807, 2.05) is 12.3 Å². The van der Waals surface area contributed by atoms with Gasteiger partial charge >= 0.3 is 5.97 Å². The van der Waals surface area contributed by atoms with Crippen molar-refractivity contribution in [1.82, 2.24) is 10.2 Å². The van der Waals surface area contributed by atoms with Crippen LogP contribution in [0.2, 0.25) is 0 Å². The Morgan fingerprint density at radius 1 is 1.32 bits per heavy atom. The predicted octanol–water partition coefficient (Wildman–Crippen LogP) is 1.86. The fourth-order valence-corrected chi connectivity index (χ4v) is 3.39. The van der Waals surface area contributed by atoms with Gasteiger partial charge < -0.3 is 15.3 Å². The Morgan fingerprint density at radius 3 is 2.68 bits per heavy atom. The van der Waals surface area contributed by atoms with Crippen LogP contribution in [0.4, 0.5) is 0 Å². The summed E-state index contributed by atoms with van der Waals surface area (Å²) in [6.45, 7) is 0.755. The molecule has 1 aromatic carbocycles. The van der Waals surface area contributed by atoms with E-state index in [1.54, 1.807) is 40.9 Å². The molecule has 1 saturated heterocycles. The highest BCUT2D eigenvalue weighted by atomic mass is 32.2. The highest BCUT2D eigenvalue weighted by Gasteiger charge is 2.32. The molecule has 0 radical (unpaired) electrons. The maximum Gasteiger partial charge on any atom is 0.308 e. The molecule has 1 aliphatic rings. The van der Waals surface area contributed by atoms with Crippen LogP contribution in [0.25, 0.3) is 0 Å². The van der Waals surface area contributed by atoms with Crippen molar-refractivity contribution in [2.45, 2.75) is 25.3 Å². The number of piperidine rings is 1. The SMILES string of the molecule is CSCCC(NC(=O)c1ccccc1)C(=O)N1CCCC(C(=O)O)C1. The van der Waals surface area contributed by atoms with Crippen LogP contribution in [0.1, 0.15) is 29.6 Å². The predicted molar refractivity (Wildman–Crippen MR) is 97.6 cm³/mol. The van der Waals surface area contributed by atoms with Gasteiger partial charge in [-0.3, -0.25) is 14.4 Å². The van der Waals surface area contributed by atoms with E-state index in [0.29, 0.717) is 31.4 Å². The van der Waals surface area contributed by atoms with Crippen molar-refractivity contribution in [2.24, 2.45) is 5.92 Å². The van der Waals surface area contributed by atoms with Gasteiger partial charge in [0.2, 0.25) is 5.91 Å². The first kappa shape index (κ1) is 19.3. The highest BCUT2D eigenvalue weighted by molar-refractivity contribution is 7.98. The number of thioether (sulfide) groups is 1. The van der Waals surface area contributed by atoms with Crippen LogP contribution < -0.4 is 5.32 Å².